The van der Waals surface area contributed by atoms with Crippen LogP contribution in [-0.4, -0.2) is 26.1 Å². The van der Waals surface area contributed by atoms with Gasteiger partial charge in [-0.2, -0.15) is 10.4 Å². The fourth-order valence-electron chi connectivity index (χ4n) is 2.85. The van der Waals surface area contributed by atoms with Crippen LogP contribution in [-0.2, 0) is 0 Å². The monoisotopic (exact) mass is 374 g/mol. The minimum atomic E-state index is -0.317. The Hall–Kier alpha value is -3.57. The molecule has 3 aromatic heterocycles. The fraction of sp³-hybridized carbons (Fsp3) is 0.105. The third-order valence-electron chi connectivity index (χ3n) is 4.47. The van der Waals surface area contributed by atoms with Crippen LogP contribution in [0.2, 0.25) is 0 Å². The molecule has 1 aromatic carbocycles. The Kier molecular flexibility index (Phi) is 4.14. The molecule has 0 saturated heterocycles. The smallest absolute Gasteiger partial charge is 0.274 e. The Bertz CT molecular complexity index is 1200. The van der Waals surface area contributed by atoms with E-state index in [2.05, 4.69) is 31.6 Å². The number of nitriles is 1. The number of thiazole rings is 1. The number of carbonyl (C=O) groups is 1. The van der Waals surface area contributed by atoms with Crippen molar-refractivity contribution in [2.45, 2.75) is 13.8 Å². The number of aromatic nitrogens is 4. The molecule has 4 aromatic rings. The molecular formula is C19H14N6OS. The number of anilines is 1. The summed E-state index contributed by atoms with van der Waals surface area (Å²) in [6.07, 6.45) is 3.19. The van der Waals surface area contributed by atoms with Gasteiger partial charge in [-0.15, -0.1) is 11.3 Å². The van der Waals surface area contributed by atoms with Gasteiger partial charge >= 0.3 is 0 Å². The molecule has 0 fully saturated rings. The van der Waals surface area contributed by atoms with E-state index in [1.807, 2.05) is 19.1 Å². The van der Waals surface area contributed by atoms with Crippen LogP contribution >= 0.6 is 11.3 Å². The standard InChI is InChI=1S/C19H14N6OS/c1-10-11(2)17(22-7-12(10)6-20)19(26)23-13-3-4-15-14(5-13)18(25-24-15)16-8-21-9-27-16/h3-5,7-9H,1-2H3,(H,23,26)(H,24,25). The molecule has 0 aliphatic heterocycles. The molecule has 132 valence electrons. The van der Waals surface area contributed by atoms with Crippen LogP contribution in [0.5, 0.6) is 0 Å². The van der Waals surface area contributed by atoms with Gasteiger partial charge in [0.1, 0.15) is 17.5 Å². The molecule has 0 bridgehead atoms. The maximum Gasteiger partial charge on any atom is 0.274 e. The van der Waals surface area contributed by atoms with Crippen molar-refractivity contribution in [2.75, 3.05) is 5.32 Å². The van der Waals surface area contributed by atoms with Crippen molar-refractivity contribution in [3.8, 4) is 16.6 Å². The number of aromatic amines is 1. The second-order valence-electron chi connectivity index (χ2n) is 6.03. The van der Waals surface area contributed by atoms with Crippen LogP contribution in [0.3, 0.4) is 0 Å². The second kappa shape index (κ2) is 6.63. The first kappa shape index (κ1) is 16.9. The average molecular weight is 374 g/mol. The summed E-state index contributed by atoms with van der Waals surface area (Å²) in [7, 11) is 0. The quantitative estimate of drug-likeness (QED) is 0.567. The predicted molar refractivity (Wildman–Crippen MR) is 104 cm³/mol. The minimum absolute atomic E-state index is 0.307. The Morgan fingerprint density at radius 3 is 2.85 bits per heavy atom. The summed E-state index contributed by atoms with van der Waals surface area (Å²) in [5, 5.41) is 20.2. The number of H-pyrrole nitrogens is 1. The molecule has 27 heavy (non-hydrogen) atoms. The lowest BCUT2D eigenvalue weighted by Crippen LogP contribution is -2.16. The van der Waals surface area contributed by atoms with E-state index in [9.17, 15) is 4.79 Å². The molecule has 3 heterocycles. The number of hydrogen-bond donors (Lipinski definition) is 2. The largest absolute Gasteiger partial charge is 0.321 e. The van der Waals surface area contributed by atoms with Gasteiger partial charge in [0.05, 0.1) is 21.5 Å². The normalized spacial score (nSPS) is 10.7. The molecular weight excluding hydrogens is 360 g/mol. The Morgan fingerprint density at radius 1 is 1.26 bits per heavy atom. The van der Waals surface area contributed by atoms with Crippen molar-refractivity contribution in [3.63, 3.8) is 0 Å². The van der Waals surface area contributed by atoms with Crippen LogP contribution in [0.15, 0.2) is 36.1 Å². The first-order valence-electron chi connectivity index (χ1n) is 8.13. The van der Waals surface area contributed by atoms with Crippen molar-refractivity contribution in [1.29, 1.82) is 5.26 Å². The summed E-state index contributed by atoms with van der Waals surface area (Å²) in [6, 6.07) is 7.63. The zero-order chi connectivity index (χ0) is 19.0. The van der Waals surface area contributed by atoms with E-state index < -0.39 is 0 Å². The van der Waals surface area contributed by atoms with Crippen molar-refractivity contribution < 1.29 is 4.79 Å². The molecule has 1 amide bonds. The van der Waals surface area contributed by atoms with Gasteiger partial charge in [0.15, 0.2) is 0 Å². The zero-order valence-corrected chi connectivity index (χ0v) is 15.4. The maximum atomic E-state index is 12.7. The lowest BCUT2D eigenvalue weighted by molar-refractivity contribution is 0.102. The highest BCUT2D eigenvalue weighted by molar-refractivity contribution is 7.13. The van der Waals surface area contributed by atoms with E-state index in [4.69, 9.17) is 5.26 Å². The summed E-state index contributed by atoms with van der Waals surface area (Å²) >= 11 is 1.50. The molecule has 4 rings (SSSR count). The van der Waals surface area contributed by atoms with E-state index >= 15 is 0 Å². The van der Waals surface area contributed by atoms with Crippen LogP contribution in [0, 0.1) is 25.2 Å². The number of fused-ring (bicyclic) bond motifs is 1. The molecule has 0 atom stereocenters. The lowest BCUT2D eigenvalue weighted by atomic mass is 10.0. The highest BCUT2D eigenvalue weighted by atomic mass is 32.1. The van der Waals surface area contributed by atoms with Crippen molar-refractivity contribution in [1.82, 2.24) is 20.2 Å². The first-order valence-corrected chi connectivity index (χ1v) is 9.01. The van der Waals surface area contributed by atoms with E-state index in [0.29, 0.717) is 22.5 Å². The third kappa shape index (κ3) is 2.94. The van der Waals surface area contributed by atoms with E-state index in [0.717, 1.165) is 27.0 Å². The number of carbonyl (C=O) groups excluding carboxylic acids is 1. The first-order chi connectivity index (χ1) is 13.1. The maximum absolute atomic E-state index is 12.7. The van der Waals surface area contributed by atoms with Gasteiger partial charge in [-0.3, -0.25) is 14.9 Å². The molecule has 7 nitrogen and oxygen atoms in total. The summed E-state index contributed by atoms with van der Waals surface area (Å²) in [5.74, 6) is -0.317. The van der Waals surface area contributed by atoms with Crippen molar-refractivity contribution >= 4 is 33.8 Å². The number of benzene rings is 1. The van der Waals surface area contributed by atoms with Crippen LogP contribution < -0.4 is 5.32 Å². The Balaban J connectivity index is 1.68. The topological polar surface area (TPSA) is 107 Å². The molecule has 0 unspecified atom stereocenters. The molecule has 0 saturated carbocycles. The second-order valence-corrected chi connectivity index (χ2v) is 6.92. The predicted octanol–water partition coefficient (Wildman–Crippen LogP) is 3.82. The average Bonchev–Trinajstić information content (AvgIpc) is 3.32. The number of rotatable bonds is 3. The van der Waals surface area contributed by atoms with Gasteiger partial charge < -0.3 is 5.32 Å². The number of hydrogen-bond acceptors (Lipinski definition) is 6. The molecule has 0 aliphatic carbocycles. The van der Waals surface area contributed by atoms with Crippen molar-refractivity contribution in [2.24, 2.45) is 0 Å². The number of nitrogens with zero attached hydrogens (tertiary/aromatic N) is 4. The van der Waals surface area contributed by atoms with Crippen LogP contribution in [0.4, 0.5) is 5.69 Å². The van der Waals surface area contributed by atoms with Gasteiger partial charge in [-0.05, 0) is 43.2 Å². The van der Waals surface area contributed by atoms with Crippen LogP contribution in [0.1, 0.15) is 27.2 Å². The zero-order valence-electron chi connectivity index (χ0n) is 14.6. The summed E-state index contributed by atoms with van der Waals surface area (Å²) in [6.45, 7) is 3.60. The summed E-state index contributed by atoms with van der Waals surface area (Å²) < 4.78 is 0. The van der Waals surface area contributed by atoms with Crippen molar-refractivity contribution in [3.05, 3.63) is 58.5 Å². The number of amides is 1. The highest BCUT2D eigenvalue weighted by Gasteiger charge is 2.16. The molecule has 0 radical (unpaired) electrons. The third-order valence-corrected chi connectivity index (χ3v) is 5.25. The van der Waals surface area contributed by atoms with Gasteiger partial charge in [-0.1, -0.05) is 0 Å². The van der Waals surface area contributed by atoms with Gasteiger partial charge in [0, 0.05) is 23.5 Å². The Labute approximate surface area is 158 Å². The Morgan fingerprint density at radius 2 is 2.11 bits per heavy atom. The molecule has 0 aliphatic rings. The molecule has 8 heteroatoms. The van der Waals surface area contributed by atoms with Gasteiger partial charge in [-0.25, -0.2) is 4.98 Å². The summed E-state index contributed by atoms with van der Waals surface area (Å²) in [5.41, 5.74) is 6.30. The SMILES string of the molecule is Cc1c(C#N)cnc(C(=O)Nc2ccc3[nH]nc(-c4cncs4)c3c2)c1C. The molecule has 2 N–H and O–H groups in total. The molecule has 0 spiro atoms. The summed E-state index contributed by atoms with van der Waals surface area (Å²) in [4.78, 5) is 21.9. The van der Waals surface area contributed by atoms with E-state index in [1.165, 1.54) is 17.5 Å². The minimum Gasteiger partial charge on any atom is -0.321 e. The number of nitrogens with one attached hydrogen (secondary N) is 2. The van der Waals surface area contributed by atoms with E-state index in [-0.39, 0.29) is 5.91 Å². The number of pyridine rings is 1. The van der Waals surface area contributed by atoms with Gasteiger partial charge in [0.25, 0.3) is 5.91 Å². The fourth-order valence-corrected chi connectivity index (χ4v) is 3.47. The lowest BCUT2D eigenvalue weighted by Gasteiger charge is -2.10. The van der Waals surface area contributed by atoms with E-state index in [1.54, 1.807) is 24.7 Å². The highest BCUT2D eigenvalue weighted by Crippen LogP contribution is 2.30. The van der Waals surface area contributed by atoms with Gasteiger partial charge in [0.2, 0.25) is 0 Å². The van der Waals surface area contributed by atoms with Crippen LogP contribution in [0.25, 0.3) is 21.5 Å².